The van der Waals surface area contributed by atoms with E-state index in [1.807, 2.05) is 5.32 Å². The summed E-state index contributed by atoms with van der Waals surface area (Å²) in [6.45, 7) is 1.64. The molecule has 44 heavy (non-hydrogen) atoms. The SMILES string of the molecule is CCC(Sc1cccc(NC(=O)/C(=C\c2ccccc2Cl)NC(=O)c2ccccc2)c1)C(=O)Nc1c(F)c(F)cc(F)c1F. The van der Waals surface area contributed by atoms with Crippen LogP contribution < -0.4 is 16.0 Å². The van der Waals surface area contributed by atoms with Crippen LogP contribution in [0.4, 0.5) is 28.9 Å². The second-order valence-corrected chi connectivity index (χ2v) is 10.9. The number of rotatable bonds is 10. The molecule has 3 amide bonds. The molecular formula is C32H24ClF4N3O3S. The average Bonchev–Trinajstić information content (AvgIpc) is 3.02. The van der Waals surface area contributed by atoms with Gasteiger partial charge in [-0.15, -0.1) is 11.8 Å². The number of nitrogens with one attached hydrogen (secondary N) is 3. The summed E-state index contributed by atoms with van der Waals surface area (Å²) in [5.74, 6) is -8.81. The fraction of sp³-hybridized carbons (Fsp3) is 0.0938. The van der Waals surface area contributed by atoms with E-state index in [0.717, 1.165) is 11.8 Å². The summed E-state index contributed by atoms with van der Waals surface area (Å²) in [5, 5.41) is 6.69. The maximum Gasteiger partial charge on any atom is 0.272 e. The molecule has 4 aromatic carbocycles. The van der Waals surface area contributed by atoms with E-state index in [9.17, 15) is 31.9 Å². The molecule has 0 saturated heterocycles. The highest BCUT2D eigenvalue weighted by molar-refractivity contribution is 8.00. The van der Waals surface area contributed by atoms with Crippen LogP contribution in [0.25, 0.3) is 6.08 Å². The second kappa shape index (κ2) is 14.7. The number of hydrogen-bond acceptors (Lipinski definition) is 4. The van der Waals surface area contributed by atoms with Gasteiger partial charge >= 0.3 is 0 Å². The zero-order valence-corrected chi connectivity index (χ0v) is 24.5. The molecule has 12 heteroatoms. The van der Waals surface area contributed by atoms with Gasteiger partial charge in [-0.3, -0.25) is 14.4 Å². The molecular weight excluding hydrogens is 618 g/mol. The zero-order chi connectivity index (χ0) is 31.8. The van der Waals surface area contributed by atoms with Gasteiger partial charge in [0.15, 0.2) is 23.3 Å². The minimum atomic E-state index is -1.72. The molecule has 226 valence electrons. The largest absolute Gasteiger partial charge is 0.321 e. The minimum absolute atomic E-state index is 0.0499. The van der Waals surface area contributed by atoms with Gasteiger partial charge in [-0.05, 0) is 54.5 Å². The van der Waals surface area contributed by atoms with Crippen LogP contribution in [0.15, 0.2) is 95.5 Å². The normalized spacial score (nSPS) is 11.9. The first-order valence-electron chi connectivity index (χ1n) is 13.1. The third-order valence-electron chi connectivity index (χ3n) is 6.13. The van der Waals surface area contributed by atoms with E-state index in [-0.39, 0.29) is 18.2 Å². The van der Waals surface area contributed by atoms with Gasteiger partial charge in [-0.2, -0.15) is 0 Å². The molecule has 0 heterocycles. The van der Waals surface area contributed by atoms with Crippen LogP contribution in [0.2, 0.25) is 5.02 Å². The number of carbonyl (C=O) groups is 3. The summed E-state index contributed by atoms with van der Waals surface area (Å²) in [7, 11) is 0. The summed E-state index contributed by atoms with van der Waals surface area (Å²) >= 11 is 7.28. The van der Waals surface area contributed by atoms with Gasteiger partial charge in [-0.25, -0.2) is 17.6 Å². The van der Waals surface area contributed by atoms with Gasteiger partial charge in [0.05, 0.1) is 5.25 Å². The summed E-state index contributed by atoms with van der Waals surface area (Å²) in [5.41, 5.74) is -0.197. The first kappa shape index (κ1) is 32.3. The Labute approximate surface area is 259 Å². The Morgan fingerprint density at radius 1 is 0.841 bits per heavy atom. The van der Waals surface area contributed by atoms with E-state index in [0.29, 0.717) is 26.7 Å². The van der Waals surface area contributed by atoms with Crippen molar-refractivity contribution in [2.75, 3.05) is 10.6 Å². The fourth-order valence-corrected chi connectivity index (χ4v) is 5.11. The van der Waals surface area contributed by atoms with Gasteiger partial charge < -0.3 is 16.0 Å². The minimum Gasteiger partial charge on any atom is -0.321 e. The number of halogens is 5. The Bertz CT molecular complexity index is 1710. The molecule has 0 fully saturated rings. The predicted molar refractivity (Wildman–Crippen MR) is 163 cm³/mol. The Balaban J connectivity index is 1.53. The zero-order valence-electron chi connectivity index (χ0n) is 23.0. The van der Waals surface area contributed by atoms with Crippen molar-refractivity contribution < 1.29 is 31.9 Å². The van der Waals surface area contributed by atoms with Crippen molar-refractivity contribution in [1.82, 2.24) is 5.32 Å². The molecule has 0 saturated carbocycles. The lowest BCUT2D eigenvalue weighted by atomic mass is 10.1. The maximum atomic E-state index is 14.1. The van der Waals surface area contributed by atoms with Gasteiger partial charge in [0, 0.05) is 27.2 Å². The Morgan fingerprint density at radius 3 is 2.16 bits per heavy atom. The van der Waals surface area contributed by atoms with Crippen LogP contribution in [0.5, 0.6) is 0 Å². The number of hydrogen-bond donors (Lipinski definition) is 3. The third kappa shape index (κ3) is 8.06. The van der Waals surface area contributed by atoms with Crippen molar-refractivity contribution in [2.24, 2.45) is 0 Å². The fourth-order valence-electron chi connectivity index (χ4n) is 3.91. The lowest BCUT2D eigenvalue weighted by Gasteiger charge is -2.17. The maximum absolute atomic E-state index is 14.1. The molecule has 0 radical (unpaired) electrons. The van der Waals surface area contributed by atoms with Crippen LogP contribution in [-0.2, 0) is 9.59 Å². The monoisotopic (exact) mass is 641 g/mol. The Morgan fingerprint density at radius 2 is 1.50 bits per heavy atom. The van der Waals surface area contributed by atoms with Gasteiger partial charge in [0.25, 0.3) is 11.8 Å². The molecule has 6 nitrogen and oxygen atoms in total. The standard InChI is InChI=1S/C32H24ClF4N3O3S/c1-2-26(32(43)40-29-27(36)23(34)17-24(35)28(29)37)44-21-13-8-12-20(16-21)38-31(42)25(15-19-11-6-7-14-22(19)33)39-30(41)18-9-4-3-5-10-18/h3-17,26H,2H2,1H3,(H,38,42)(H,39,41)(H,40,43)/b25-15+. The van der Waals surface area contributed by atoms with E-state index in [1.165, 1.54) is 6.08 Å². The molecule has 0 aliphatic carbocycles. The number of anilines is 2. The molecule has 1 unspecified atom stereocenters. The van der Waals surface area contributed by atoms with Gasteiger partial charge in [0.2, 0.25) is 5.91 Å². The number of carbonyl (C=O) groups excluding carboxylic acids is 3. The topological polar surface area (TPSA) is 87.3 Å². The first-order chi connectivity index (χ1) is 21.1. The van der Waals surface area contributed by atoms with Gasteiger partial charge in [0.1, 0.15) is 11.4 Å². The molecule has 0 spiro atoms. The molecule has 4 rings (SSSR count). The van der Waals surface area contributed by atoms with Crippen LogP contribution in [-0.4, -0.2) is 23.0 Å². The van der Waals surface area contributed by atoms with Crippen molar-refractivity contribution in [1.29, 1.82) is 0 Å². The van der Waals surface area contributed by atoms with E-state index < -0.39 is 51.9 Å². The number of benzene rings is 4. The van der Waals surface area contributed by atoms with Crippen LogP contribution in [0.3, 0.4) is 0 Å². The van der Waals surface area contributed by atoms with E-state index >= 15 is 0 Å². The molecule has 3 N–H and O–H groups in total. The summed E-state index contributed by atoms with van der Waals surface area (Å²) in [4.78, 5) is 39.5. The van der Waals surface area contributed by atoms with Crippen LogP contribution in [0.1, 0.15) is 29.3 Å². The van der Waals surface area contributed by atoms with Crippen molar-refractivity contribution in [3.63, 3.8) is 0 Å². The second-order valence-electron chi connectivity index (χ2n) is 9.23. The quantitative estimate of drug-likeness (QED) is 0.0713. The highest BCUT2D eigenvalue weighted by atomic mass is 35.5. The van der Waals surface area contributed by atoms with E-state index in [2.05, 4.69) is 10.6 Å². The number of thioether (sulfide) groups is 1. The van der Waals surface area contributed by atoms with Crippen LogP contribution >= 0.6 is 23.4 Å². The van der Waals surface area contributed by atoms with Crippen molar-refractivity contribution >= 4 is 58.5 Å². The lowest BCUT2D eigenvalue weighted by Crippen LogP contribution is -2.30. The van der Waals surface area contributed by atoms with E-state index in [4.69, 9.17) is 11.6 Å². The Kier molecular flexibility index (Phi) is 10.8. The number of amides is 3. The summed E-state index contributed by atoms with van der Waals surface area (Å²) in [6.07, 6.45) is 1.62. The lowest BCUT2D eigenvalue weighted by molar-refractivity contribution is -0.116. The Hall–Kier alpha value is -4.61. The highest BCUT2D eigenvalue weighted by Crippen LogP contribution is 2.30. The average molecular weight is 642 g/mol. The van der Waals surface area contributed by atoms with Gasteiger partial charge in [-0.1, -0.05) is 61.0 Å². The van der Waals surface area contributed by atoms with Crippen molar-refractivity contribution in [3.05, 3.63) is 130 Å². The van der Waals surface area contributed by atoms with E-state index in [1.54, 1.807) is 85.8 Å². The smallest absolute Gasteiger partial charge is 0.272 e. The van der Waals surface area contributed by atoms with Crippen molar-refractivity contribution in [3.8, 4) is 0 Å². The third-order valence-corrected chi connectivity index (χ3v) is 7.83. The van der Waals surface area contributed by atoms with Crippen LogP contribution in [0, 0.1) is 23.3 Å². The molecule has 0 bridgehead atoms. The van der Waals surface area contributed by atoms with Crippen molar-refractivity contribution in [2.45, 2.75) is 23.5 Å². The highest BCUT2D eigenvalue weighted by Gasteiger charge is 2.25. The summed E-state index contributed by atoms with van der Waals surface area (Å²) < 4.78 is 55.4. The summed E-state index contributed by atoms with van der Waals surface area (Å²) in [6, 6.07) is 21.5. The molecule has 1 atom stereocenters. The molecule has 0 aliphatic rings. The molecule has 0 aromatic heterocycles. The first-order valence-corrected chi connectivity index (χ1v) is 14.4. The molecule has 0 aliphatic heterocycles. The predicted octanol–water partition coefficient (Wildman–Crippen LogP) is 7.82. The molecule has 4 aromatic rings.